The molecular formula is C23H23N3O5S. The zero-order chi connectivity index (χ0) is 23.0. The van der Waals surface area contributed by atoms with Gasteiger partial charge in [-0.3, -0.25) is 9.52 Å². The smallest absolute Gasteiger partial charge is 0.352 e. The number of nitrogens with zero attached hydrogens (tertiary/aromatic N) is 2. The number of fused-ring (bicyclic) bond motifs is 1. The lowest BCUT2D eigenvalue weighted by molar-refractivity contribution is -0.116. The van der Waals surface area contributed by atoms with E-state index in [1.54, 1.807) is 59.0 Å². The van der Waals surface area contributed by atoms with Gasteiger partial charge in [-0.2, -0.15) is 0 Å². The second-order valence-corrected chi connectivity index (χ2v) is 9.42. The third-order valence-corrected chi connectivity index (χ3v) is 6.92. The lowest BCUT2D eigenvalue weighted by atomic mass is 10.0. The molecule has 1 amide bonds. The van der Waals surface area contributed by atoms with Crippen molar-refractivity contribution in [2.75, 3.05) is 16.2 Å². The highest BCUT2D eigenvalue weighted by Gasteiger charge is 2.23. The number of aryl methyl sites for hydroxylation is 2. The van der Waals surface area contributed by atoms with Crippen molar-refractivity contribution < 1.29 is 23.1 Å². The number of amides is 1. The number of sulfonamides is 1. The van der Waals surface area contributed by atoms with Crippen LogP contribution in [0, 0.1) is 6.92 Å². The minimum atomic E-state index is -3.84. The molecule has 2 heterocycles. The molecule has 2 N–H and O–H groups in total. The second-order valence-electron chi connectivity index (χ2n) is 7.74. The molecule has 0 saturated carbocycles. The van der Waals surface area contributed by atoms with Gasteiger partial charge in [-0.1, -0.05) is 0 Å². The van der Waals surface area contributed by atoms with E-state index in [2.05, 4.69) is 4.72 Å². The SMILES string of the molecule is CC(=O)N1CCCc2cc(S(=O)(=O)Nc3ccc(-n4cccc4C(=O)O)c(C)c3)ccc21. The molecule has 32 heavy (non-hydrogen) atoms. The summed E-state index contributed by atoms with van der Waals surface area (Å²) in [7, 11) is -3.84. The molecule has 3 aromatic rings. The first-order valence-electron chi connectivity index (χ1n) is 10.1. The fraction of sp³-hybridized carbons (Fsp3) is 0.217. The number of carbonyl (C=O) groups is 2. The molecule has 1 aliphatic heterocycles. The summed E-state index contributed by atoms with van der Waals surface area (Å²) in [6.07, 6.45) is 3.13. The molecule has 4 rings (SSSR count). The molecular weight excluding hydrogens is 430 g/mol. The number of carbonyl (C=O) groups excluding carboxylic acids is 1. The predicted molar refractivity (Wildman–Crippen MR) is 121 cm³/mol. The van der Waals surface area contributed by atoms with Gasteiger partial charge in [0.05, 0.1) is 4.90 Å². The van der Waals surface area contributed by atoms with E-state index >= 15 is 0 Å². The first-order chi connectivity index (χ1) is 15.2. The topological polar surface area (TPSA) is 109 Å². The second kappa shape index (κ2) is 8.16. The molecule has 0 radical (unpaired) electrons. The maximum Gasteiger partial charge on any atom is 0.352 e. The van der Waals surface area contributed by atoms with E-state index in [1.165, 1.54) is 19.1 Å². The molecule has 9 heteroatoms. The first kappa shape index (κ1) is 21.6. The Hall–Kier alpha value is -3.59. The summed E-state index contributed by atoms with van der Waals surface area (Å²) in [5.74, 6) is -1.11. The summed E-state index contributed by atoms with van der Waals surface area (Å²) in [5, 5.41) is 9.34. The van der Waals surface area contributed by atoms with Gasteiger partial charge in [-0.25, -0.2) is 13.2 Å². The van der Waals surface area contributed by atoms with E-state index in [0.717, 1.165) is 17.7 Å². The molecule has 1 aliphatic rings. The summed E-state index contributed by atoms with van der Waals surface area (Å²) in [5.41, 5.74) is 3.44. The van der Waals surface area contributed by atoms with Gasteiger partial charge in [0.15, 0.2) is 0 Å². The number of carboxylic acid groups (broad SMARTS) is 1. The molecule has 0 bridgehead atoms. The van der Waals surface area contributed by atoms with Crippen molar-refractivity contribution >= 4 is 33.3 Å². The molecule has 0 spiro atoms. The van der Waals surface area contributed by atoms with Crippen LogP contribution in [0.5, 0.6) is 0 Å². The molecule has 0 saturated heterocycles. The normalized spacial score (nSPS) is 13.5. The van der Waals surface area contributed by atoms with Crippen LogP contribution in [0.15, 0.2) is 59.6 Å². The Morgan fingerprint density at radius 3 is 2.50 bits per heavy atom. The van der Waals surface area contributed by atoms with Crippen LogP contribution in [-0.4, -0.2) is 36.5 Å². The summed E-state index contributed by atoms with van der Waals surface area (Å²) >= 11 is 0. The van der Waals surface area contributed by atoms with Crippen LogP contribution in [0.4, 0.5) is 11.4 Å². The highest BCUT2D eigenvalue weighted by atomic mass is 32.2. The van der Waals surface area contributed by atoms with E-state index in [9.17, 15) is 23.1 Å². The molecule has 1 aromatic heterocycles. The number of anilines is 2. The summed E-state index contributed by atoms with van der Waals surface area (Å²) in [6, 6.07) is 12.9. The van der Waals surface area contributed by atoms with Crippen molar-refractivity contribution in [2.45, 2.75) is 31.6 Å². The van der Waals surface area contributed by atoms with Gasteiger partial charge in [-0.05, 0) is 79.4 Å². The number of aromatic nitrogens is 1. The van der Waals surface area contributed by atoms with Gasteiger partial charge in [0.1, 0.15) is 5.69 Å². The highest BCUT2D eigenvalue weighted by molar-refractivity contribution is 7.92. The number of rotatable bonds is 5. The average molecular weight is 454 g/mol. The minimum Gasteiger partial charge on any atom is -0.477 e. The Morgan fingerprint density at radius 1 is 1.06 bits per heavy atom. The van der Waals surface area contributed by atoms with Crippen molar-refractivity contribution in [3.05, 3.63) is 71.5 Å². The summed E-state index contributed by atoms with van der Waals surface area (Å²) < 4.78 is 30.1. The Kier molecular flexibility index (Phi) is 5.52. The van der Waals surface area contributed by atoms with Crippen LogP contribution in [0.1, 0.15) is 35.0 Å². The van der Waals surface area contributed by atoms with Crippen molar-refractivity contribution in [3.8, 4) is 5.69 Å². The van der Waals surface area contributed by atoms with Gasteiger partial charge < -0.3 is 14.6 Å². The lowest BCUT2D eigenvalue weighted by Crippen LogP contribution is -2.33. The zero-order valence-corrected chi connectivity index (χ0v) is 18.5. The Balaban J connectivity index is 1.62. The minimum absolute atomic E-state index is 0.0657. The fourth-order valence-electron chi connectivity index (χ4n) is 4.04. The molecule has 8 nitrogen and oxygen atoms in total. The maximum atomic E-state index is 13.0. The van der Waals surface area contributed by atoms with E-state index in [0.29, 0.717) is 29.9 Å². The lowest BCUT2D eigenvalue weighted by Gasteiger charge is -2.28. The van der Waals surface area contributed by atoms with Crippen molar-refractivity contribution in [1.82, 2.24) is 4.57 Å². The van der Waals surface area contributed by atoms with E-state index in [-0.39, 0.29) is 16.5 Å². The largest absolute Gasteiger partial charge is 0.477 e. The maximum absolute atomic E-state index is 13.0. The number of aromatic carboxylic acids is 1. The van der Waals surface area contributed by atoms with Crippen LogP contribution >= 0.6 is 0 Å². The number of nitrogens with one attached hydrogen (secondary N) is 1. The Bertz CT molecular complexity index is 1330. The van der Waals surface area contributed by atoms with Gasteiger partial charge in [0, 0.05) is 36.7 Å². The number of hydrogen-bond donors (Lipinski definition) is 2. The molecule has 2 aromatic carbocycles. The number of hydrogen-bond acceptors (Lipinski definition) is 4. The van der Waals surface area contributed by atoms with Crippen molar-refractivity contribution in [2.24, 2.45) is 0 Å². The average Bonchev–Trinajstić information content (AvgIpc) is 3.22. The molecule has 0 fully saturated rings. The van der Waals surface area contributed by atoms with Gasteiger partial charge in [0.25, 0.3) is 10.0 Å². The number of benzene rings is 2. The van der Waals surface area contributed by atoms with Crippen LogP contribution in [0.3, 0.4) is 0 Å². The third-order valence-electron chi connectivity index (χ3n) is 5.54. The van der Waals surface area contributed by atoms with E-state index in [4.69, 9.17) is 0 Å². The predicted octanol–water partition coefficient (Wildman–Crippen LogP) is 3.58. The molecule has 0 atom stereocenters. The van der Waals surface area contributed by atoms with Crippen LogP contribution in [0.2, 0.25) is 0 Å². The van der Waals surface area contributed by atoms with Crippen molar-refractivity contribution in [1.29, 1.82) is 0 Å². The Morgan fingerprint density at radius 2 is 1.81 bits per heavy atom. The van der Waals surface area contributed by atoms with Crippen molar-refractivity contribution in [3.63, 3.8) is 0 Å². The first-order valence-corrected chi connectivity index (χ1v) is 11.6. The zero-order valence-electron chi connectivity index (χ0n) is 17.7. The fourth-order valence-corrected chi connectivity index (χ4v) is 5.14. The molecule has 0 aliphatic carbocycles. The molecule has 0 unspecified atom stereocenters. The third kappa shape index (κ3) is 3.99. The quantitative estimate of drug-likeness (QED) is 0.614. The Labute approximate surface area is 186 Å². The van der Waals surface area contributed by atoms with E-state index in [1.807, 2.05) is 0 Å². The van der Waals surface area contributed by atoms with Crippen LogP contribution < -0.4 is 9.62 Å². The van der Waals surface area contributed by atoms with Gasteiger partial charge >= 0.3 is 5.97 Å². The van der Waals surface area contributed by atoms with Gasteiger partial charge in [0.2, 0.25) is 5.91 Å². The monoisotopic (exact) mass is 453 g/mol. The van der Waals surface area contributed by atoms with E-state index < -0.39 is 16.0 Å². The summed E-state index contributed by atoms with van der Waals surface area (Å²) in [6.45, 7) is 3.91. The van der Waals surface area contributed by atoms with Crippen LogP contribution in [0.25, 0.3) is 5.69 Å². The van der Waals surface area contributed by atoms with Crippen LogP contribution in [-0.2, 0) is 21.2 Å². The summed E-state index contributed by atoms with van der Waals surface area (Å²) in [4.78, 5) is 25.0. The standard InChI is InChI=1S/C23H23N3O5S/c1-15-13-18(7-9-20(15)26-12-4-6-22(26)23(28)29)24-32(30,31)19-8-10-21-17(14-19)5-3-11-25(21)16(2)27/h4,6-10,12-14,24H,3,5,11H2,1-2H3,(H,28,29). The number of carboxylic acids is 1. The highest BCUT2D eigenvalue weighted by Crippen LogP contribution is 2.30. The molecule has 166 valence electrons. The van der Waals surface area contributed by atoms with Gasteiger partial charge in [-0.15, -0.1) is 0 Å².